The maximum Gasteiger partial charge on any atom is 0.244 e. The lowest BCUT2D eigenvalue weighted by molar-refractivity contribution is 0.269. The zero-order valence-corrected chi connectivity index (χ0v) is 13.2. The van der Waals surface area contributed by atoms with Crippen molar-refractivity contribution in [3.63, 3.8) is 0 Å². The van der Waals surface area contributed by atoms with Crippen LogP contribution >= 0.6 is 0 Å². The SMILES string of the molecule is CC(C)(C)CC(C)(C)NS(=O)(=O)c1cc(F)ccc1F. The maximum atomic E-state index is 13.6. The van der Waals surface area contributed by atoms with E-state index in [1.165, 1.54) is 0 Å². The van der Waals surface area contributed by atoms with E-state index in [9.17, 15) is 17.2 Å². The third-order valence-electron chi connectivity index (χ3n) is 2.57. The van der Waals surface area contributed by atoms with Crippen LogP contribution in [0.15, 0.2) is 23.1 Å². The third-order valence-corrected chi connectivity index (χ3v) is 4.28. The van der Waals surface area contributed by atoms with Crippen LogP contribution in [0.4, 0.5) is 8.78 Å². The summed E-state index contributed by atoms with van der Waals surface area (Å²) in [6.07, 6.45) is 0.552. The first-order chi connectivity index (χ1) is 8.82. The monoisotopic (exact) mass is 305 g/mol. The lowest BCUT2D eigenvalue weighted by Gasteiger charge is -2.33. The summed E-state index contributed by atoms with van der Waals surface area (Å²) in [5, 5.41) is 0. The van der Waals surface area contributed by atoms with Crippen molar-refractivity contribution in [2.45, 2.75) is 51.5 Å². The Balaban J connectivity index is 3.09. The predicted molar refractivity (Wildman–Crippen MR) is 74.8 cm³/mol. The predicted octanol–water partition coefficient (Wildman–Crippen LogP) is 3.46. The summed E-state index contributed by atoms with van der Waals surface area (Å²) in [6.45, 7) is 9.36. The van der Waals surface area contributed by atoms with Gasteiger partial charge in [0.05, 0.1) is 0 Å². The summed E-state index contributed by atoms with van der Waals surface area (Å²) in [5.74, 6) is -1.76. The lowest BCUT2D eigenvalue weighted by Crippen LogP contribution is -2.45. The van der Waals surface area contributed by atoms with Gasteiger partial charge >= 0.3 is 0 Å². The molecule has 0 amide bonds. The minimum absolute atomic E-state index is 0.105. The van der Waals surface area contributed by atoms with Crippen LogP contribution in [0, 0.1) is 17.0 Å². The van der Waals surface area contributed by atoms with Gasteiger partial charge in [-0.3, -0.25) is 0 Å². The van der Waals surface area contributed by atoms with Crippen LogP contribution in [0.2, 0.25) is 0 Å². The molecule has 0 fully saturated rings. The summed E-state index contributed by atoms with van der Waals surface area (Å²) >= 11 is 0. The van der Waals surface area contributed by atoms with Crippen molar-refractivity contribution in [2.75, 3.05) is 0 Å². The molecule has 0 saturated carbocycles. The van der Waals surface area contributed by atoms with Crippen LogP contribution in [0.5, 0.6) is 0 Å². The lowest BCUT2D eigenvalue weighted by atomic mass is 9.82. The number of nitrogens with one attached hydrogen (secondary N) is 1. The molecule has 0 atom stereocenters. The first-order valence-electron chi connectivity index (χ1n) is 6.31. The number of benzene rings is 1. The number of sulfonamides is 1. The standard InChI is InChI=1S/C14H21F2NO2S/c1-13(2,3)9-14(4,5)17-20(18,19)12-8-10(15)6-7-11(12)16/h6-8,17H,9H2,1-5H3. The number of hydrogen-bond acceptors (Lipinski definition) is 2. The highest BCUT2D eigenvalue weighted by Crippen LogP contribution is 2.28. The maximum absolute atomic E-state index is 13.6. The van der Waals surface area contributed by atoms with Gasteiger partial charge in [-0.05, 0) is 43.9 Å². The molecule has 0 unspecified atom stereocenters. The minimum Gasteiger partial charge on any atom is -0.207 e. The summed E-state index contributed by atoms with van der Waals surface area (Å²) in [7, 11) is -4.11. The van der Waals surface area contributed by atoms with Gasteiger partial charge in [0.25, 0.3) is 0 Å². The highest BCUT2D eigenvalue weighted by atomic mass is 32.2. The molecular weight excluding hydrogens is 284 g/mol. The summed E-state index contributed by atoms with van der Waals surface area (Å²) in [4.78, 5) is -0.667. The van der Waals surface area contributed by atoms with Crippen molar-refractivity contribution in [3.05, 3.63) is 29.8 Å². The second-order valence-electron chi connectivity index (χ2n) is 6.80. The number of hydrogen-bond donors (Lipinski definition) is 1. The summed E-state index contributed by atoms with van der Waals surface area (Å²) < 4.78 is 53.5. The zero-order valence-electron chi connectivity index (χ0n) is 12.4. The Hall–Kier alpha value is -1.01. The van der Waals surface area contributed by atoms with E-state index in [0.717, 1.165) is 12.1 Å². The number of halogens is 2. The van der Waals surface area contributed by atoms with Crippen LogP contribution < -0.4 is 4.72 Å². The molecule has 1 aromatic carbocycles. The van der Waals surface area contributed by atoms with Gasteiger partial charge in [0.1, 0.15) is 16.5 Å². The van der Waals surface area contributed by atoms with E-state index >= 15 is 0 Å². The van der Waals surface area contributed by atoms with Crippen LogP contribution in [-0.2, 0) is 10.0 Å². The third kappa shape index (κ3) is 4.83. The van der Waals surface area contributed by atoms with Gasteiger partial charge in [-0.1, -0.05) is 20.8 Å². The van der Waals surface area contributed by atoms with E-state index in [-0.39, 0.29) is 5.41 Å². The van der Waals surface area contributed by atoms with Gasteiger partial charge in [-0.2, -0.15) is 0 Å². The largest absolute Gasteiger partial charge is 0.244 e. The van der Waals surface area contributed by atoms with Crippen LogP contribution in [-0.4, -0.2) is 14.0 Å². The van der Waals surface area contributed by atoms with E-state index in [2.05, 4.69) is 4.72 Å². The van der Waals surface area contributed by atoms with E-state index in [0.29, 0.717) is 12.5 Å². The van der Waals surface area contributed by atoms with Crippen molar-refractivity contribution in [1.82, 2.24) is 4.72 Å². The Morgan fingerprint density at radius 1 is 1.10 bits per heavy atom. The van der Waals surface area contributed by atoms with Crippen molar-refractivity contribution in [1.29, 1.82) is 0 Å². The molecule has 0 spiro atoms. The smallest absolute Gasteiger partial charge is 0.207 e. The number of rotatable bonds is 4. The average Bonchev–Trinajstić information content (AvgIpc) is 2.15. The summed E-state index contributed by atoms with van der Waals surface area (Å²) in [6, 6.07) is 2.38. The highest BCUT2D eigenvalue weighted by Gasteiger charge is 2.32. The summed E-state index contributed by atoms with van der Waals surface area (Å²) in [5.41, 5.74) is -0.873. The normalized spacial score (nSPS) is 13.6. The molecule has 1 rings (SSSR count). The van der Waals surface area contributed by atoms with Crippen molar-refractivity contribution in [2.24, 2.45) is 5.41 Å². The molecule has 1 aromatic rings. The fraction of sp³-hybridized carbons (Fsp3) is 0.571. The molecule has 0 heterocycles. The molecule has 6 heteroatoms. The Bertz CT molecular complexity index is 590. The second-order valence-corrected chi connectivity index (χ2v) is 8.45. The van der Waals surface area contributed by atoms with E-state index in [4.69, 9.17) is 0 Å². The second kappa shape index (κ2) is 5.41. The Morgan fingerprint density at radius 3 is 2.15 bits per heavy atom. The molecule has 0 aliphatic rings. The molecule has 114 valence electrons. The molecule has 0 aromatic heterocycles. The first-order valence-corrected chi connectivity index (χ1v) is 7.80. The Kier molecular flexibility index (Phi) is 4.61. The van der Waals surface area contributed by atoms with E-state index in [1.807, 2.05) is 20.8 Å². The molecule has 0 aliphatic carbocycles. The molecule has 3 nitrogen and oxygen atoms in total. The molecular formula is C14H21F2NO2S. The molecule has 0 aliphatic heterocycles. The van der Waals surface area contributed by atoms with Gasteiger partial charge in [0.2, 0.25) is 10.0 Å². The van der Waals surface area contributed by atoms with E-state index < -0.39 is 32.1 Å². The van der Waals surface area contributed by atoms with Crippen molar-refractivity contribution in [3.8, 4) is 0 Å². The first kappa shape index (κ1) is 17.0. The fourth-order valence-electron chi connectivity index (χ4n) is 2.46. The van der Waals surface area contributed by atoms with Crippen molar-refractivity contribution >= 4 is 10.0 Å². The molecule has 0 saturated heterocycles. The average molecular weight is 305 g/mol. The van der Waals surface area contributed by atoms with Gasteiger partial charge < -0.3 is 0 Å². The fourth-order valence-corrected chi connectivity index (χ4v) is 3.97. The van der Waals surface area contributed by atoms with Gasteiger partial charge in [-0.25, -0.2) is 21.9 Å². The minimum atomic E-state index is -4.11. The molecule has 0 bridgehead atoms. The Labute approximate surface area is 119 Å². The van der Waals surface area contributed by atoms with Crippen LogP contribution in [0.1, 0.15) is 41.0 Å². The molecule has 1 N–H and O–H groups in total. The Morgan fingerprint density at radius 2 is 1.65 bits per heavy atom. The zero-order chi connectivity index (χ0) is 15.8. The van der Waals surface area contributed by atoms with Crippen LogP contribution in [0.3, 0.4) is 0 Å². The topological polar surface area (TPSA) is 46.2 Å². The molecule has 20 heavy (non-hydrogen) atoms. The van der Waals surface area contributed by atoms with Gasteiger partial charge in [0.15, 0.2) is 0 Å². The van der Waals surface area contributed by atoms with Gasteiger partial charge in [-0.15, -0.1) is 0 Å². The van der Waals surface area contributed by atoms with E-state index in [1.54, 1.807) is 13.8 Å². The van der Waals surface area contributed by atoms with Crippen LogP contribution in [0.25, 0.3) is 0 Å². The van der Waals surface area contributed by atoms with Gasteiger partial charge in [0, 0.05) is 5.54 Å². The highest BCUT2D eigenvalue weighted by molar-refractivity contribution is 7.89. The quantitative estimate of drug-likeness (QED) is 0.926. The molecule has 0 radical (unpaired) electrons. The van der Waals surface area contributed by atoms with Crippen molar-refractivity contribution < 1.29 is 17.2 Å².